The average Bonchev–Trinajstić information content (AvgIpc) is 0.697. The number of anilines is 6. The number of fused-ring (bicyclic) bond motifs is 4. The van der Waals surface area contributed by atoms with Gasteiger partial charge in [0.25, 0.3) is 6.71 Å². The van der Waals surface area contributed by atoms with Crippen molar-refractivity contribution in [2.45, 2.75) is 0 Å². The highest BCUT2D eigenvalue weighted by atomic mass is 15.2. The van der Waals surface area contributed by atoms with Gasteiger partial charge in [0, 0.05) is 45.3 Å². The molecular formula is C95H64BN3. The molecule has 0 unspecified atom stereocenters. The van der Waals surface area contributed by atoms with Crippen LogP contribution in [0.5, 0.6) is 0 Å². The molecule has 0 bridgehead atoms. The number of aromatic nitrogens is 1. The van der Waals surface area contributed by atoms with E-state index in [1.165, 1.54) is 16.4 Å². The SMILES string of the molecule is c1ccc(-c2cc(-c3ccccc3)cc(-c3cc(-c4cc(-c5ccccc5)cc(-c5ccccc5)c4)nc(-c4cc5c6c(c4)N(c4cc(-c7ccccc7)cc(-c7ccccc7)c4)c4ccccc4B6c4ccccc4N5c4cc(-c5ccccc5)cc(-c5ccccc5)c4)c3)c2)cc1. The van der Waals surface area contributed by atoms with Gasteiger partial charge < -0.3 is 9.80 Å². The van der Waals surface area contributed by atoms with E-state index in [9.17, 15) is 0 Å². The maximum absolute atomic E-state index is 6.05. The summed E-state index contributed by atoms with van der Waals surface area (Å²) in [5, 5.41) is 0. The van der Waals surface area contributed by atoms with Gasteiger partial charge in [0.2, 0.25) is 0 Å². The van der Waals surface area contributed by atoms with Crippen molar-refractivity contribution in [1.29, 1.82) is 0 Å². The minimum atomic E-state index is -0.134. The molecular weight excluding hydrogens is 1190 g/mol. The zero-order chi connectivity index (χ0) is 65.6. The maximum atomic E-state index is 6.05. The first kappa shape index (κ1) is 58.7. The molecule has 15 aromatic carbocycles. The first-order chi connectivity index (χ1) is 49.0. The van der Waals surface area contributed by atoms with Gasteiger partial charge in [-0.05, 0) is 226 Å². The summed E-state index contributed by atoms with van der Waals surface area (Å²) >= 11 is 0. The molecule has 0 amide bonds. The minimum absolute atomic E-state index is 0.134. The Hall–Kier alpha value is -12.9. The number of benzene rings is 15. The van der Waals surface area contributed by atoms with E-state index in [1.54, 1.807) is 0 Å². The van der Waals surface area contributed by atoms with Crippen LogP contribution in [0.1, 0.15) is 0 Å². The summed E-state index contributed by atoms with van der Waals surface area (Å²) in [6.45, 7) is -0.134. The van der Waals surface area contributed by atoms with E-state index in [1.807, 2.05) is 0 Å². The lowest BCUT2D eigenvalue weighted by Gasteiger charge is -2.44. The Labute approximate surface area is 579 Å². The van der Waals surface area contributed by atoms with E-state index in [-0.39, 0.29) is 6.71 Å². The third-order valence-corrected chi connectivity index (χ3v) is 19.7. The predicted molar refractivity (Wildman–Crippen MR) is 418 cm³/mol. The van der Waals surface area contributed by atoms with Gasteiger partial charge >= 0.3 is 0 Å². The second kappa shape index (κ2) is 25.4. The molecule has 4 heteroatoms. The third kappa shape index (κ3) is 11.2. The Morgan fingerprint density at radius 2 is 0.384 bits per heavy atom. The lowest BCUT2D eigenvalue weighted by Crippen LogP contribution is -2.61. The summed E-state index contributed by atoms with van der Waals surface area (Å²) in [5.41, 5.74) is 34.3. The Bertz CT molecular complexity index is 5080. The molecule has 0 aliphatic carbocycles. The molecule has 0 spiro atoms. The number of nitrogens with zero attached hydrogens (tertiary/aromatic N) is 3. The highest BCUT2D eigenvalue weighted by Gasteiger charge is 2.44. The van der Waals surface area contributed by atoms with Crippen LogP contribution in [0.4, 0.5) is 34.1 Å². The molecule has 2 aliphatic heterocycles. The largest absolute Gasteiger partial charge is 0.311 e. The first-order valence-corrected chi connectivity index (χ1v) is 34.1. The lowest BCUT2D eigenvalue weighted by molar-refractivity contribution is 1.25. The van der Waals surface area contributed by atoms with Gasteiger partial charge in [-0.3, -0.25) is 0 Å². The number of para-hydroxylation sites is 2. The highest BCUT2D eigenvalue weighted by molar-refractivity contribution is 7.00. The van der Waals surface area contributed by atoms with Crippen LogP contribution >= 0.6 is 0 Å². The van der Waals surface area contributed by atoms with Gasteiger partial charge in [-0.2, -0.15) is 0 Å². The summed E-state index contributed by atoms with van der Waals surface area (Å²) < 4.78 is 0. The molecule has 0 saturated carbocycles. The Kier molecular flexibility index (Phi) is 15.0. The van der Waals surface area contributed by atoms with Crippen LogP contribution in [-0.4, -0.2) is 11.7 Å². The summed E-state index contributed by atoms with van der Waals surface area (Å²) in [4.78, 5) is 11.2. The quantitative estimate of drug-likeness (QED) is 0.107. The molecule has 16 aromatic rings. The summed E-state index contributed by atoms with van der Waals surface area (Å²) in [6.07, 6.45) is 0. The monoisotopic (exact) mass is 1260 g/mol. The van der Waals surface area contributed by atoms with E-state index in [4.69, 9.17) is 4.98 Å². The van der Waals surface area contributed by atoms with Crippen molar-refractivity contribution in [2.75, 3.05) is 9.80 Å². The zero-order valence-electron chi connectivity index (χ0n) is 54.4. The van der Waals surface area contributed by atoms with Crippen LogP contribution < -0.4 is 26.2 Å². The molecule has 18 rings (SSSR count). The van der Waals surface area contributed by atoms with Gasteiger partial charge in [-0.15, -0.1) is 0 Å². The van der Waals surface area contributed by atoms with Crippen molar-refractivity contribution in [1.82, 2.24) is 4.98 Å². The van der Waals surface area contributed by atoms with Gasteiger partial charge in [-0.25, -0.2) is 4.98 Å². The molecule has 0 fully saturated rings. The number of hydrogen-bond donors (Lipinski definition) is 0. The van der Waals surface area contributed by atoms with Crippen LogP contribution in [0.25, 0.3) is 123 Å². The summed E-state index contributed by atoms with van der Waals surface area (Å²) in [6, 6.07) is 143. The molecule has 0 atom stereocenters. The zero-order valence-corrected chi connectivity index (χ0v) is 54.4. The molecule has 2 aliphatic rings. The first-order valence-electron chi connectivity index (χ1n) is 34.1. The van der Waals surface area contributed by atoms with E-state index < -0.39 is 0 Å². The maximum Gasteiger partial charge on any atom is 0.252 e. The molecule has 3 nitrogen and oxygen atoms in total. The van der Waals surface area contributed by atoms with Gasteiger partial charge in [-0.1, -0.05) is 279 Å². The Balaban J connectivity index is 0.957. The van der Waals surface area contributed by atoms with Crippen LogP contribution in [-0.2, 0) is 0 Å². The fraction of sp³-hybridized carbons (Fsp3) is 0. The smallest absolute Gasteiger partial charge is 0.252 e. The summed E-state index contributed by atoms with van der Waals surface area (Å²) in [7, 11) is 0. The summed E-state index contributed by atoms with van der Waals surface area (Å²) in [5.74, 6) is 0. The highest BCUT2D eigenvalue weighted by Crippen LogP contribution is 2.50. The van der Waals surface area contributed by atoms with Crippen molar-refractivity contribution < 1.29 is 0 Å². The fourth-order valence-corrected chi connectivity index (χ4v) is 15.0. The predicted octanol–water partition coefficient (Wildman–Crippen LogP) is 23.5. The fourth-order valence-electron chi connectivity index (χ4n) is 15.0. The topological polar surface area (TPSA) is 19.4 Å². The molecule has 0 radical (unpaired) electrons. The second-order valence-corrected chi connectivity index (χ2v) is 25.8. The molecule has 99 heavy (non-hydrogen) atoms. The Morgan fingerprint density at radius 1 is 0.172 bits per heavy atom. The third-order valence-electron chi connectivity index (χ3n) is 19.7. The number of rotatable bonds is 13. The van der Waals surface area contributed by atoms with Crippen molar-refractivity contribution in [3.8, 4) is 123 Å². The standard InChI is InChI=1S/C95H64BN3/c1-9-29-65(30-10-1)73-49-74(66-31-11-2-12-32-66)52-77(51-73)82-61-89(83-55-75(67-33-13-3-14-34-67)50-76(56-83)68-35-15-4-16-36-68)97-90(62-82)84-63-93-95-94(64-84)99(86-59-80(71-41-21-7-22-42-71)54-81(60-86)72-43-23-8-24-44-72)92-48-28-26-46-88(92)96(95)87-45-25-27-47-91(87)98(93)85-57-78(69-37-17-5-18-38-69)53-79(58-85)70-39-19-6-20-40-70/h1-64H. The van der Waals surface area contributed by atoms with Gasteiger partial charge in [0.05, 0.1) is 11.4 Å². The van der Waals surface area contributed by atoms with Crippen molar-refractivity contribution in [3.05, 3.63) is 388 Å². The Morgan fingerprint density at radius 3 is 0.667 bits per heavy atom. The van der Waals surface area contributed by atoms with E-state index >= 15 is 0 Å². The van der Waals surface area contributed by atoms with Crippen molar-refractivity contribution in [3.63, 3.8) is 0 Å². The van der Waals surface area contributed by atoms with Gasteiger partial charge in [0.15, 0.2) is 0 Å². The van der Waals surface area contributed by atoms with E-state index in [0.717, 1.165) is 157 Å². The minimum Gasteiger partial charge on any atom is -0.311 e. The van der Waals surface area contributed by atoms with Crippen LogP contribution in [0.15, 0.2) is 388 Å². The average molecular weight is 1260 g/mol. The lowest BCUT2D eigenvalue weighted by atomic mass is 9.33. The van der Waals surface area contributed by atoms with E-state index in [2.05, 4.69) is 398 Å². The molecule has 3 heterocycles. The van der Waals surface area contributed by atoms with Crippen LogP contribution in [0.2, 0.25) is 0 Å². The number of hydrogen-bond acceptors (Lipinski definition) is 3. The van der Waals surface area contributed by atoms with Gasteiger partial charge in [0.1, 0.15) is 0 Å². The van der Waals surface area contributed by atoms with Crippen molar-refractivity contribution in [2.24, 2.45) is 0 Å². The van der Waals surface area contributed by atoms with Crippen LogP contribution in [0.3, 0.4) is 0 Å². The second-order valence-electron chi connectivity index (χ2n) is 25.8. The number of pyridine rings is 1. The van der Waals surface area contributed by atoms with Crippen LogP contribution in [0, 0.1) is 0 Å². The van der Waals surface area contributed by atoms with E-state index in [0.29, 0.717) is 0 Å². The molecule has 1 aromatic heterocycles. The molecule has 0 saturated heterocycles. The molecule has 462 valence electrons. The normalized spacial score (nSPS) is 12.0. The molecule has 0 N–H and O–H groups in total. The van der Waals surface area contributed by atoms with Crippen molar-refractivity contribution >= 4 is 57.2 Å².